The molecule has 7 nitrogen and oxygen atoms in total. The van der Waals surface area contributed by atoms with Gasteiger partial charge in [0.05, 0.1) is 17.4 Å². The molecule has 0 atom stereocenters. The monoisotopic (exact) mass is 389 g/mol. The highest BCUT2D eigenvalue weighted by Gasteiger charge is 2.12. The average molecular weight is 390 g/mol. The smallest absolute Gasteiger partial charge is 0.257 e. The van der Waals surface area contributed by atoms with Crippen LogP contribution in [-0.2, 0) is 13.0 Å². The Morgan fingerprint density at radius 2 is 2.12 bits per heavy atom. The van der Waals surface area contributed by atoms with Crippen LogP contribution in [0.5, 0.6) is 5.75 Å². The molecule has 2 heterocycles. The molecule has 0 radical (unpaired) electrons. The number of ether oxygens (including phenoxy) is 1. The fourth-order valence-electron chi connectivity index (χ4n) is 2.16. The van der Waals surface area contributed by atoms with Gasteiger partial charge in [-0.25, -0.2) is 0 Å². The molecule has 26 heavy (non-hydrogen) atoms. The Hall–Kier alpha value is -2.39. The second kappa shape index (κ2) is 8.33. The van der Waals surface area contributed by atoms with Crippen molar-refractivity contribution in [1.29, 1.82) is 0 Å². The Balaban J connectivity index is 1.62. The third-order valence-electron chi connectivity index (χ3n) is 3.49. The maximum absolute atomic E-state index is 12.4. The van der Waals surface area contributed by atoms with E-state index in [9.17, 15) is 4.79 Å². The maximum Gasteiger partial charge on any atom is 0.257 e. The van der Waals surface area contributed by atoms with Crippen molar-refractivity contribution in [3.8, 4) is 5.75 Å². The number of rotatable bonds is 7. The topological polar surface area (TPSA) is 89.9 Å². The molecular formula is C17H19N5O2S2. The highest BCUT2D eigenvalue weighted by molar-refractivity contribution is 7.15. The summed E-state index contributed by atoms with van der Waals surface area (Å²) >= 11 is 2.56. The number of anilines is 1. The molecule has 0 aliphatic carbocycles. The van der Waals surface area contributed by atoms with E-state index in [1.165, 1.54) is 11.3 Å². The van der Waals surface area contributed by atoms with Crippen LogP contribution in [0.15, 0.2) is 24.3 Å². The zero-order chi connectivity index (χ0) is 18.5. The summed E-state index contributed by atoms with van der Waals surface area (Å²) < 4.78 is 14.0. The minimum absolute atomic E-state index is 0.241. The highest BCUT2D eigenvalue weighted by Crippen LogP contribution is 2.20. The summed E-state index contributed by atoms with van der Waals surface area (Å²) in [6.07, 6.45) is 0.849. The van der Waals surface area contributed by atoms with E-state index in [1.807, 2.05) is 6.92 Å². The number of aromatic nitrogens is 4. The molecule has 2 aromatic heterocycles. The average Bonchev–Trinajstić information content (AvgIpc) is 3.21. The van der Waals surface area contributed by atoms with Gasteiger partial charge in [0, 0.05) is 12.0 Å². The molecule has 0 saturated heterocycles. The largest absolute Gasteiger partial charge is 0.487 e. The number of hydrogen-bond acceptors (Lipinski definition) is 8. The van der Waals surface area contributed by atoms with Crippen molar-refractivity contribution in [2.24, 2.45) is 5.92 Å². The van der Waals surface area contributed by atoms with E-state index >= 15 is 0 Å². The summed E-state index contributed by atoms with van der Waals surface area (Å²) in [7, 11) is 0. The summed E-state index contributed by atoms with van der Waals surface area (Å²) in [4.78, 5) is 12.4. The van der Waals surface area contributed by atoms with Crippen LogP contribution in [0.2, 0.25) is 0 Å². The van der Waals surface area contributed by atoms with Gasteiger partial charge in [0.2, 0.25) is 5.13 Å². The van der Waals surface area contributed by atoms with Crippen LogP contribution in [-0.4, -0.2) is 24.9 Å². The van der Waals surface area contributed by atoms with Crippen molar-refractivity contribution in [3.05, 3.63) is 46.2 Å². The van der Waals surface area contributed by atoms with E-state index in [-0.39, 0.29) is 5.91 Å². The number of nitrogens with one attached hydrogen (secondary N) is 1. The molecule has 1 N–H and O–H groups in total. The summed E-state index contributed by atoms with van der Waals surface area (Å²) in [5.74, 6) is 0.855. The lowest BCUT2D eigenvalue weighted by atomic mass is 10.1. The van der Waals surface area contributed by atoms with E-state index in [2.05, 4.69) is 38.1 Å². The number of hydrogen-bond donors (Lipinski definition) is 1. The fourth-order valence-corrected chi connectivity index (χ4v) is 3.66. The molecule has 136 valence electrons. The van der Waals surface area contributed by atoms with Crippen LogP contribution < -0.4 is 10.1 Å². The van der Waals surface area contributed by atoms with Gasteiger partial charge in [-0.2, -0.15) is 8.75 Å². The van der Waals surface area contributed by atoms with Gasteiger partial charge in [-0.05, 0) is 31.0 Å². The van der Waals surface area contributed by atoms with Gasteiger partial charge < -0.3 is 4.74 Å². The molecule has 0 aliphatic heterocycles. The van der Waals surface area contributed by atoms with Gasteiger partial charge in [0.25, 0.3) is 5.91 Å². The summed E-state index contributed by atoms with van der Waals surface area (Å²) in [5, 5.41) is 12.3. The predicted octanol–water partition coefficient (Wildman–Crippen LogP) is 3.73. The lowest BCUT2D eigenvalue weighted by Gasteiger charge is -2.07. The van der Waals surface area contributed by atoms with Gasteiger partial charge in [-0.3, -0.25) is 10.1 Å². The third-order valence-corrected chi connectivity index (χ3v) is 5.01. The number of amides is 1. The Bertz CT molecular complexity index is 891. The van der Waals surface area contributed by atoms with Crippen LogP contribution >= 0.6 is 23.1 Å². The molecule has 9 heteroatoms. The number of carbonyl (C=O) groups excluding carboxylic acids is 1. The van der Waals surface area contributed by atoms with Crippen LogP contribution in [0.25, 0.3) is 0 Å². The summed E-state index contributed by atoms with van der Waals surface area (Å²) in [6, 6.07) is 7.01. The standard InChI is InChI=1S/C17H19N5O2S2/c1-10(2)7-15-19-20-17(25-15)18-16(23)12-5-4-6-13(8-12)24-9-14-11(3)21-26-22-14/h4-6,8,10H,7,9H2,1-3H3,(H,18,20,23). The molecule has 0 saturated carbocycles. The molecule has 1 aromatic carbocycles. The van der Waals surface area contributed by atoms with Crippen molar-refractivity contribution in [2.45, 2.75) is 33.8 Å². The zero-order valence-electron chi connectivity index (χ0n) is 14.7. The van der Waals surface area contributed by atoms with E-state index in [4.69, 9.17) is 4.74 Å². The van der Waals surface area contributed by atoms with Crippen molar-refractivity contribution >= 4 is 34.1 Å². The van der Waals surface area contributed by atoms with Crippen molar-refractivity contribution in [3.63, 3.8) is 0 Å². The van der Waals surface area contributed by atoms with Crippen LogP contribution in [0.1, 0.15) is 40.6 Å². The van der Waals surface area contributed by atoms with Gasteiger partial charge in [0.15, 0.2) is 0 Å². The maximum atomic E-state index is 12.4. The Morgan fingerprint density at radius 1 is 1.27 bits per heavy atom. The fraction of sp³-hybridized carbons (Fsp3) is 0.353. The van der Waals surface area contributed by atoms with Crippen molar-refractivity contribution in [1.82, 2.24) is 18.9 Å². The van der Waals surface area contributed by atoms with Crippen LogP contribution in [0, 0.1) is 12.8 Å². The molecular weight excluding hydrogens is 370 g/mol. The molecule has 0 unspecified atom stereocenters. The van der Waals surface area contributed by atoms with Crippen molar-refractivity contribution in [2.75, 3.05) is 5.32 Å². The van der Waals surface area contributed by atoms with E-state index < -0.39 is 0 Å². The normalized spacial score (nSPS) is 10.9. The van der Waals surface area contributed by atoms with E-state index in [0.29, 0.717) is 29.0 Å². The Labute approximate surface area is 159 Å². The van der Waals surface area contributed by atoms with Gasteiger partial charge in [-0.1, -0.05) is 31.3 Å². The first kappa shape index (κ1) is 18.4. The molecule has 0 aliphatic rings. The first-order chi connectivity index (χ1) is 12.5. The number of aryl methyl sites for hydroxylation is 1. The van der Waals surface area contributed by atoms with Crippen molar-refractivity contribution < 1.29 is 9.53 Å². The molecule has 3 aromatic rings. The van der Waals surface area contributed by atoms with Gasteiger partial charge in [0.1, 0.15) is 23.1 Å². The minimum Gasteiger partial charge on any atom is -0.487 e. The third kappa shape index (κ3) is 4.83. The number of carbonyl (C=O) groups is 1. The molecule has 0 fully saturated rings. The molecule has 0 spiro atoms. The molecule has 3 rings (SSSR count). The zero-order valence-corrected chi connectivity index (χ0v) is 16.4. The van der Waals surface area contributed by atoms with Crippen LogP contribution in [0.3, 0.4) is 0 Å². The van der Waals surface area contributed by atoms with Gasteiger partial charge >= 0.3 is 0 Å². The summed E-state index contributed by atoms with van der Waals surface area (Å²) in [5.41, 5.74) is 2.16. The van der Waals surface area contributed by atoms with Gasteiger partial charge in [-0.15, -0.1) is 10.2 Å². The number of nitrogens with zero attached hydrogens (tertiary/aromatic N) is 4. The first-order valence-corrected chi connectivity index (χ1v) is 9.70. The van der Waals surface area contributed by atoms with Crippen LogP contribution in [0.4, 0.5) is 5.13 Å². The van der Waals surface area contributed by atoms with E-state index in [0.717, 1.165) is 34.5 Å². The molecule has 0 bridgehead atoms. The highest BCUT2D eigenvalue weighted by atomic mass is 32.1. The quantitative estimate of drug-likeness (QED) is 0.662. The Kier molecular flexibility index (Phi) is 5.89. The predicted molar refractivity (Wildman–Crippen MR) is 102 cm³/mol. The minimum atomic E-state index is -0.241. The second-order valence-corrected chi connectivity index (χ2v) is 7.76. The first-order valence-electron chi connectivity index (χ1n) is 8.16. The lowest BCUT2D eigenvalue weighted by molar-refractivity contribution is 0.102. The SMILES string of the molecule is Cc1nsnc1COc1cccc(C(=O)Nc2nnc(CC(C)C)s2)c1. The molecule has 1 amide bonds. The van der Waals surface area contributed by atoms with E-state index in [1.54, 1.807) is 24.3 Å². The number of benzene rings is 1. The Morgan fingerprint density at radius 3 is 2.85 bits per heavy atom. The summed E-state index contributed by atoms with van der Waals surface area (Å²) in [6.45, 7) is 6.45. The lowest BCUT2D eigenvalue weighted by Crippen LogP contribution is -2.11. The second-order valence-electron chi connectivity index (χ2n) is 6.17.